The number of benzene rings is 1. The SMILES string of the molecule is CC(C)(C)NCC(Cc1ccccc1)Cc1cscn1. The van der Waals surface area contributed by atoms with Crippen LogP contribution in [0, 0.1) is 5.92 Å². The number of aromatic nitrogens is 1. The summed E-state index contributed by atoms with van der Waals surface area (Å²) in [5.41, 5.74) is 4.71. The number of hydrogen-bond donors (Lipinski definition) is 1. The first-order valence-electron chi connectivity index (χ1n) is 7.19. The van der Waals surface area contributed by atoms with Gasteiger partial charge in [-0.25, -0.2) is 4.98 Å². The fraction of sp³-hybridized carbons (Fsp3) is 0.471. The van der Waals surface area contributed by atoms with E-state index in [4.69, 9.17) is 0 Å². The molecular formula is C17H24N2S. The molecule has 1 N–H and O–H groups in total. The molecule has 2 rings (SSSR count). The molecule has 1 aromatic carbocycles. The molecule has 0 spiro atoms. The Morgan fingerprint density at radius 2 is 1.90 bits per heavy atom. The lowest BCUT2D eigenvalue weighted by atomic mass is 9.94. The third kappa shape index (κ3) is 5.43. The van der Waals surface area contributed by atoms with Gasteiger partial charge >= 0.3 is 0 Å². The third-order valence-electron chi connectivity index (χ3n) is 3.27. The van der Waals surface area contributed by atoms with Gasteiger partial charge in [0.1, 0.15) is 0 Å². The Morgan fingerprint density at radius 1 is 1.15 bits per heavy atom. The summed E-state index contributed by atoms with van der Waals surface area (Å²) in [6.45, 7) is 7.68. The molecule has 108 valence electrons. The topological polar surface area (TPSA) is 24.9 Å². The summed E-state index contributed by atoms with van der Waals surface area (Å²) in [6.07, 6.45) is 2.14. The average Bonchev–Trinajstić information content (AvgIpc) is 2.89. The minimum Gasteiger partial charge on any atom is -0.312 e. The van der Waals surface area contributed by atoms with Crippen LogP contribution in [-0.4, -0.2) is 17.1 Å². The highest BCUT2D eigenvalue weighted by molar-refractivity contribution is 7.07. The molecule has 0 aliphatic rings. The van der Waals surface area contributed by atoms with Crippen LogP contribution in [0.25, 0.3) is 0 Å². The van der Waals surface area contributed by atoms with Crippen LogP contribution < -0.4 is 5.32 Å². The molecule has 0 saturated carbocycles. The van der Waals surface area contributed by atoms with Crippen LogP contribution >= 0.6 is 11.3 Å². The highest BCUT2D eigenvalue weighted by atomic mass is 32.1. The van der Waals surface area contributed by atoms with Crippen LogP contribution in [0.15, 0.2) is 41.2 Å². The Morgan fingerprint density at radius 3 is 2.50 bits per heavy atom. The van der Waals surface area contributed by atoms with Crippen molar-refractivity contribution >= 4 is 11.3 Å². The minimum absolute atomic E-state index is 0.164. The van der Waals surface area contributed by atoms with Crippen molar-refractivity contribution in [2.45, 2.75) is 39.2 Å². The maximum Gasteiger partial charge on any atom is 0.0794 e. The largest absolute Gasteiger partial charge is 0.312 e. The zero-order valence-electron chi connectivity index (χ0n) is 12.6. The summed E-state index contributed by atoms with van der Waals surface area (Å²) >= 11 is 1.68. The summed E-state index contributed by atoms with van der Waals surface area (Å²) in [4.78, 5) is 4.43. The summed E-state index contributed by atoms with van der Waals surface area (Å²) in [7, 11) is 0. The van der Waals surface area contributed by atoms with Crippen molar-refractivity contribution in [3.63, 3.8) is 0 Å². The Kier molecular flexibility index (Phi) is 5.32. The molecule has 2 nitrogen and oxygen atoms in total. The Labute approximate surface area is 126 Å². The van der Waals surface area contributed by atoms with Crippen LogP contribution in [0.1, 0.15) is 32.0 Å². The van der Waals surface area contributed by atoms with Gasteiger partial charge in [-0.1, -0.05) is 30.3 Å². The maximum absolute atomic E-state index is 4.43. The first-order chi connectivity index (χ1) is 9.53. The highest BCUT2D eigenvalue weighted by Crippen LogP contribution is 2.15. The van der Waals surface area contributed by atoms with Crippen molar-refractivity contribution in [1.82, 2.24) is 10.3 Å². The van der Waals surface area contributed by atoms with Gasteiger partial charge in [0.2, 0.25) is 0 Å². The van der Waals surface area contributed by atoms with Gasteiger partial charge in [-0.3, -0.25) is 0 Å². The van der Waals surface area contributed by atoms with Gasteiger partial charge in [-0.05, 0) is 51.6 Å². The van der Waals surface area contributed by atoms with E-state index < -0.39 is 0 Å². The van der Waals surface area contributed by atoms with Gasteiger partial charge in [0.05, 0.1) is 11.2 Å². The number of thiazole rings is 1. The first-order valence-corrected chi connectivity index (χ1v) is 8.13. The normalized spacial score (nSPS) is 13.3. The molecule has 2 aromatic rings. The second-order valence-corrected chi connectivity index (χ2v) is 7.09. The molecular weight excluding hydrogens is 264 g/mol. The van der Waals surface area contributed by atoms with Crippen LogP contribution in [0.4, 0.5) is 0 Å². The van der Waals surface area contributed by atoms with E-state index in [2.05, 4.69) is 66.8 Å². The van der Waals surface area contributed by atoms with Crippen molar-refractivity contribution < 1.29 is 0 Å². The number of nitrogens with one attached hydrogen (secondary N) is 1. The second-order valence-electron chi connectivity index (χ2n) is 6.37. The van der Waals surface area contributed by atoms with E-state index in [0.717, 1.165) is 19.4 Å². The van der Waals surface area contributed by atoms with Gasteiger partial charge < -0.3 is 5.32 Å². The standard InChI is InChI=1S/C17H24N2S/c1-17(2,3)19-11-15(10-16-12-20-13-18-16)9-14-7-5-4-6-8-14/h4-8,12-13,15,19H,9-11H2,1-3H3. The van der Waals surface area contributed by atoms with Crippen LogP contribution in [0.2, 0.25) is 0 Å². The minimum atomic E-state index is 0.164. The predicted octanol–water partition coefficient (Wildman–Crippen LogP) is 3.93. The molecule has 0 fully saturated rings. The van der Waals surface area contributed by atoms with Gasteiger partial charge in [0.25, 0.3) is 0 Å². The number of nitrogens with zero attached hydrogens (tertiary/aromatic N) is 1. The van der Waals surface area contributed by atoms with E-state index in [1.807, 2.05) is 5.51 Å². The van der Waals surface area contributed by atoms with E-state index in [-0.39, 0.29) is 5.54 Å². The molecule has 0 aliphatic heterocycles. The Balaban J connectivity index is 1.99. The van der Waals surface area contributed by atoms with Gasteiger partial charge in [0, 0.05) is 10.9 Å². The monoisotopic (exact) mass is 288 g/mol. The molecule has 1 aromatic heterocycles. The first kappa shape index (κ1) is 15.2. The van der Waals surface area contributed by atoms with Crippen LogP contribution in [-0.2, 0) is 12.8 Å². The molecule has 1 unspecified atom stereocenters. The molecule has 1 heterocycles. The molecule has 0 amide bonds. The van der Waals surface area contributed by atoms with Crippen LogP contribution in [0.5, 0.6) is 0 Å². The highest BCUT2D eigenvalue weighted by Gasteiger charge is 2.16. The summed E-state index contributed by atoms with van der Waals surface area (Å²) < 4.78 is 0. The lowest BCUT2D eigenvalue weighted by Crippen LogP contribution is -2.40. The average molecular weight is 288 g/mol. The van der Waals surface area contributed by atoms with Gasteiger partial charge in [0.15, 0.2) is 0 Å². The molecule has 0 aliphatic carbocycles. The molecule has 0 saturated heterocycles. The van der Waals surface area contributed by atoms with E-state index in [1.165, 1.54) is 11.3 Å². The molecule has 0 bridgehead atoms. The second kappa shape index (κ2) is 7.00. The lowest BCUT2D eigenvalue weighted by Gasteiger charge is -2.25. The zero-order valence-corrected chi connectivity index (χ0v) is 13.4. The molecule has 1 atom stereocenters. The van der Waals surface area contributed by atoms with Gasteiger partial charge in [-0.15, -0.1) is 11.3 Å². The summed E-state index contributed by atoms with van der Waals surface area (Å²) in [5, 5.41) is 5.79. The van der Waals surface area contributed by atoms with Crippen molar-refractivity contribution in [2.75, 3.05) is 6.54 Å². The Bertz CT molecular complexity index is 485. The molecule has 3 heteroatoms. The van der Waals surface area contributed by atoms with Crippen molar-refractivity contribution in [3.05, 3.63) is 52.5 Å². The van der Waals surface area contributed by atoms with E-state index in [0.29, 0.717) is 5.92 Å². The predicted molar refractivity (Wildman–Crippen MR) is 87.2 cm³/mol. The number of hydrogen-bond acceptors (Lipinski definition) is 3. The Hall–Kier alpha value is -1.19. The number of rotatable bonds is 6. The van der Waals surface area contributed by atoms with Crippen molar-refractivity contribution in [1.29, 1.82) is 0 Å². The van der Waals surface area contributed by atoms with E-state index in [1.54, 1.807) is 11.3 Å². The van der Waals surface area contributed by atoms with E-state index in [9.17, 15) is 0 Å². The van der Waals surface area contributed by atoms with Crippen LogP contribution in [0.3, 0.4) is 0 Å². The lowest BCUT2D eigenvalue weighted by molar-refractivity contribution is 0.366. The third-order valence-corrected chi connectivity index (χ3v) is 3.90. The fourth-order valence-electron chi connectivity index (χ4n) is 2.25. The van der Waals surface area contributed by atoms with E-state index >= 15 is 0 Å². The summed E-state index contributed by atoms with van der Waals surface area (Å²) in [5.74, 6) is 0.582. The van der Waals surface area contributed by atoms with Gasteiger partial charge in [-0.2, -0.15) is 0 Å². The zero-order chi connectivity index (χ0) is 14.4. The van der Waals surface area contributed by atoms with Crippen molar-refractivity contribution in [3.8, 4) is 0 Å². The fourth-order valence-corrected chi connectivity index (χ4v) is 2.82. The molecule has 0 radical (unpaired) electrons. The quantitative estimate of drug-likeness (QED) is 0.871. The summed E-state index contributed by atoms with van der Waals surface area (Å²) in [6, 6.07) is 10.7. The maximum atomic E-state index is 4.43. The smallest absolute Gasteiger partial charge is 0.0794 e. The van der Waals surface area contributed by atoms with Crippen molar-refractivity contribution in [2.24, 2.45) is 5.92 Å². The molecule has 20 heavy (non-hydrogen) atoms.